The van der Waals surface area contributed by atoms with E-state index in [1.54, 1.807) is 0 Å². The number of halogens is 2. The Hall–Kier alpha value is -3.90. The fraction of sp³-hybridized carbons (Fsp3) is 0.250. The predicted octanol–water partition coefficient (Wildman–Crippen LogP) is 2.79. The molecule has 9 nitrogen and oxygen atoms in total. The van der Waals surface area contributed by atoms with Crippen molar-refractivity contribution in [1.29, 1.82) is 0 Å². The number of nitrogen functional groups attached to an aromatic ring is 1. The Morgan fingerprint density at radius 1 is 1.17 bits per heavy atom. The molecule has 188 valence electrons. The maximum absolute atomic E-state index is 15.1. The Kier molecular flexibility index (Phi) is 7.55. The lowest BCUT2D eigenvalue weighted by Crippen LogP contribution is -2.46. The maximum Gasteiger partial charge on any atom is 0.273 e. The summed E-state index contributed by atoms with van der Waals surface area (Å²) >= 11 is 0.601. The zero-order valence-electron chi connectivity index (χ0n) is 18.9. The van der Waals surface area contributed by atoms with Gasteiger partial charge >= 0.3 is 0 Å². The summed E-state index contributed by atoms with van der Waals surface area (Å²) in [5, 5.41) is 2.76. The molecule has 0 aliphatic carbocycles. The number of amides is 3. The first-order valence-corrected chi connectivity index (χ1v) is 11.8. The highest BCUT2D eigenvalue weighted by molar-refractivity contribution is 7.09. The van der Waals surface area contributed by atoms with Crippen molar-refractivity contribution in [2.45, 2.75) is 25.0 Å². The van der Waals surface area contributed by atoms with E-state index >= 15 is 4.39 Å². The molecular formula is C24H23F2N5O4S. The number of carbonyl (C=O) groups is 3. The largest absolute Gasteiger partial charge is 0.395 e. The van der Waals surface area contributed by atoms with Crippen LogP contribution in [0.25, 0.3) is 0 Å². The maximum atomic E-state index is 15.1. The van der Waals surface area contributed by atoms with Gasteiger partial charge in [0.2, 0.25) is 5.91 Å². The van der Waals surface area contributed by atoms with Gasteiger partial charge in [0.25, 0.3) is 11.8 Å². The minimum absolute atomic E-state index is 0.171. The Labute approximate surface area is 209 Å². The van der Waals surface area contributed by atoms with E-state index in [4.69, 9.17) is 16.2 Å². The van der Waals surface area contributed by atoms with Crippen molar-refractivity contribution in [3.63, 3.8) is 0 Å². The van der Waals surface area contributed by atoms with Gasteiger partial charge < -0.3 is 21.5 Å². The lowest BCUT2D eigenvalue weighted by atomic mass is 10.0. The molecule has 4 rings (SSSR count). The van der Waals surface area contributed by atoms with E-state index in [-0.39, 0.29) is 40.2 Å². The van der Waals surface area contributed by atoms with Crippen molar-refractivity contribution < 1.29 is 27.9 Å². The van der Waals surface area contributed by atoms with Gasteiger partial charge in [0.15, 0.2) is 5.69 Å². The van der Waals surface area contributed by atoms with Crippen LogP contribution in [0.2, 0.25) is 0 Å². The van der Waals surface area contributed by atoms with Crippen LogP contribution in [0.4, 0.5) is 20.2 Å². The molecule has 3 aromatic rings. The highest BCUT2D eigenvalue weighted by Gasteiger charge is 2.37. The van der Waals surface area contributed by atoms with Gasteiger partial charge in [0.1, 0.15) is 22.6 Å². The van der Waals surface area contributed by atoms with Gasteiger partial charge in [-0.05, 0) is 54.2 Å². The van der Waals surface area contributed by atoms with Gasteiger partial charge in [-0.3, -0.25) is 19.3 Å². The minimum Gasteiger partial charge on any atom is -0.395 e. The summed E-state index contributed by atoms with van der Waals surface area (Å²) in [6.07, 6.45) is 1.41. The number of hydrogen-bond donors (Lipinski definition) is 3. The second kappa shape index (κ2) is 10.8. The molecule has 1 aliphatic rings. The number of nitrogens with zero attached hydrogens (tertiary/aromatic N) is 2. The average molecular weight is 516 g/mol. The summed E-state index contributed by atoms with van der Waals surface area (Å²) < 4.78 is 38.2. The third-order valence-corrected chi connectivity index (χ3v) is 6.56. The van der Waals surface area contributed by atoms with E-state index in [1.807, 2.05) is 0 Å². The molecule has 3 amide bonds. The van der Waals surface area contributed by atoms with Crippen LogP contribution in [-0.4, -0.2) is 41.4 Å². The summed E-state index contributed by atoms with van der Waals surface area (Å²) in [7, 11) is 0. The molecule has 1 fully saturated rings. The molecule has 2 atom stereocenters. The first-order chi connectivity index (χ1) is 17.3. The third-order valence-electron chi connectivity index (χ3n) is 5.71. The molecular weight excluding hydrogens is 492 g/mol. The van der Waals surface area contributed by atoms with E-state index in [0.29, 0.717) is 18.1 Å². The lowest BCUT2D eigenvalue weighted by molar-refractivity contribution is -0.123. The molecule has 36 heavy (non-hydrogen) atoms. The SMILES string of the molecule is NC(=O)c1nsc(C(=O)N(c2ccccc2F)[C@@H](C(=O)NC[C@H]2CCCO2)c2ccc(F)cc2)c1N. The van der Waals surface area contributed by atoms with Crippen molar-refractivity contribution in [3.8, 4) is 0 Å². The van der Waals surface area contributed by atoms with E-state index in [0.717, 1.165) is 35.9 Å². The molecule has 5 N–H and O–H groups in total. The molecule has 0 unspecified atom stereocenters. The monoisotopic (exact) mass is 515 g/mol. The van der Waals surface area contributed by atoms with Gasteiger partial charge in [-0.25, -0.2) is 8.78 Å². The lowest BCUT2D eigenvalue weighted by Gasteiger charge is -2.31. The van der Waals surface area contributed by atoms with Crippen molar-refractivity contribution in [2.75, 3.05) is 23.8 Å². The van der Waals surface area contributed by atoms with Crippen LogP contribution >= 0.6 is 11.5 Å². The fourth-order valence-electron chi connectivity index (χ4n) is 3.93. The van der Waals surface area contributed by atoms with Crippen molar-refractivity contribution in [2.24, 2.45) is 5.73 Å². The van der Waals surface area contributed by atoms with Crippen LogP contribution in [0.1, 0.15) is 44.6 Å². The zero-order valence-corrected chi connectivity index (χ0v) is 19.8. The molecule has 0 spiro atoms. The number of anilines is 2. The Morgan fingerprint density at radius 3 is 2.50 bits per heavy atom. The van der Waals surface area contributed by atoms with Gasteiger partial charge in [-0.2, -0.15) is 4.37 Å². The summed E-state index contributed by atoms with van der Waals surface area (Å²) in [5.74, 6) is -3.82. The van der Waals surface area contributed by atoms with Gasteiger partial charge in [0.05, 0.1) is 17.5 Å². The molecule has 12 heteroatoms. The number of aromatic nitrogens is 1. The quantitative estimate of drug-likeness (QED) is 0.421. The molecule has 1 aromatic heterocycles. The second-order valence-corrected chi connectivity index (χ2v) is 8.87. The highest BCUT2D eigenvalue weighted by Crippen LogP contribution is 2.34. The molecule has 2 heterocycles. The topological polar surface area (TPSA) is 141 Å². The van der Waals surface area contributed by atoms with E-state index in [1.165, 1.54) is 30.3 Å². The van der Waals surface area contributed by atoms with Crippen LogP contribution < -0.4 is 21.7 Å². The number of para-hydroxylation sites is 1. The number of nitrogens with two attached hydrogens (primary N) is 2. The van der Waals surface area contributed by atoms with Crippen LogP contribution in [0, 0.1) is 11.6 Å². The van der Waals surface area contributed by atoms with E-state index in [9.17, 15) is 18.8 Å². The molecule has 1 saturated heterocycles. The molecule has 0 bridgehead atoms. The minimum atomic E-state index is -1.42. The second-order valence-electron chi connectivity index (χ2n) is 8.10. The predicted molar refractivity (Wildman–Crippen MR) is 129 cm³/mol. The van der Waals surface area contributed by atoms with Crippen LogP contribution in [0.15, 0.2) is 48.5 Å². The van der Waals surface area contributed by atoms with E-state index in [2.05, 4.69) is 9.69 Å². The average Bonchev–Trinajstić information content (AvgIpc) is 3.52. The smallest absolute Gasteiger partial charge is 0.273 e. The summed E-state index contributed by atoms with van der Waals surface area (Å²) in [6, 6.07) is 8.88. The number of benzene rings is 2. The molecule has 2 aromatic carbocycles. The van der Waals surface area contributed by atoms with Crippen LogP contribution in [0.5, 0.6) is 0 Å². The molecule has 0 saturated carbocycles. The standard InChI is InChI=1S/C24H23F2N5O4S/c25-14-9-7-13(8-10-14)20(23(33)29-12-15-4-3-11-35-15)31(17-6-2-1-5-16(17)26)24(34)21-18(27)19(22(28)32)30-36-21/h1-2,5-10,15,20H,3-4,11-12,27H2,(H2,28,32)(H,29,33)/t15-,20-/m1/s1. The third kappa shape index (κ3) is 5.19. The van der Waals surface area contributed by atoms with Crippen LogP contribution in [0.3, 0.4) is 0 Å². The van der Waals surface area contributed by atoms with Gasteiger partial charge in [-0.15, -0.1) is 0 Å². The van der Waals surface area contributed by atoms with Crippen LogP contribution in [-0.2, 0) is 9.53 Å². The molecule has 0 radical (unpaired) electrons. The summed E-state index contributed by atoms with van der Waals surface area (Å²) in [5.41, 5.74) is 10.7. The first-order valence-electron chi connectivity index (χ1n) is 11.1. The fourth-order valence-corrected chi connectivity index (χ4v) is 4.67. The number of nitrogens with one attached hydrogen (secondary N) is 1. The van der Waals surface area contributed by atoms with Gasteiger partial charge in [-0.1, -0.05) is 24.3 Å². The highest BCUT2D eigenvalue weighted by atomic mass is 32.1. The van der Waals surface area contributed by atoms with Crippen molar-refractivity contribution in [1.82, 2.24) is 9.69 Å². The Bertz CT molecular complexity index is 1280. The van der Waals surface area contributed by atoms with Crippen molar-refractivity contribution in [3.05, 3.63) is 76.3 Å². The number of carbonyl (C=O) groups excluding carboxylic acids is 3. The van der Waals surface area contributed by atoms with Crippen molar-refractivity contribution >= 4 is 40.6 Å². The number of ether oxygens (including phenoxy) is 1. The number of hydrogen-bond acceptors (Lipinski definition) is 7. The Morgan fingerprint density at radius 2 is 1.89 bits per heavy atom. The normalized spacial score (nSPS) is 15.9. The van der Waals surface area contributed by atoms with E-state index < -0.39 is 35.4 Å². The summed E-state index contributed by atoms with van der Waals surface area (Å²) in [6.45, 7) is 0.749. The zero-order chi connectivity index (χ0) is 25.8. The number of primary amides is 1. The number of rotatable bonds is 8. The van der Waals surface area contributed by atoms with Gasteiger partial charge in [0, 0.05) is 13.2 Å². The summed E-state index contributed by atoms with van der Waals surface area (Å²) in [4.78, 5) is 39.7. The first kappa shape index (κ1) is 25.2. The Balaban J connectivity index is 1.82. The molecule has 1 aliphatic heterocycles.